The van der Waals surface area contributed by atoms with Crippen LogP contribution in [0, 0.1) is 6.92 Å². The molecule has 5 nitrogen and oxygen atoms in total. The average Bonchev–Trinajstić information content (AvgIpc) is 2.92. The molecule has 2 aromatic carbocycles. The molecule has 0 spiro atoms. The average molecular weight is 381 g/mol. The van der Waals surface area contributed by atoms with E-state index in [1.54, 1.807) is 43.3 Å². The van der Waals surface area contributed by atoms with Crippen molar-refractivity contribution in [2.45, 2.75) is 11.8 Å². The molecule has 0 aliphatic carbocycles. The van der Waals surface area contributed by atoms with Crippen LogP contribution in [-0.2, 0) is 10.0 Å². The minimum Gasteiger partial charge on any atom is -0.493 e. The van der Waals surface area contributed by atoms with E-state index in [0.717, 1.165) is 4.09 Å². The lowest BCUT2D eigenvalue weighted by molar-refractivity contribution is 0.415. The van der Waals surface area contributed by atoms with Gasteiger partial charge in [0.05, 0.1) is 22.7 Å². The third kappa shape index (κ3) is 2.21. The Kier molecular flexibility index (Phi) is 3.70. The first-order valence-electron chi connectivity index (χ1n) is 6.48. The number of ether oxygens (including phenoxy) is 1. The highest BCUT2D eigenvalue weighted by atomic mass is 79.9. The molecule has 0 radical (unpaired) electrons. The largest absolute Gasteiger partial charge is 0.493 e. The van der Waals surface area contributed by atoms with Crippen LogP contribution in [0.5, 0.6) is 5.75 Å². The van der Waals surface area contributed by atoms with Gasteiger partial charge in [-0.3, -0.25) is 0 Å². The highest BCUT2D eigenvalue weighted by Gasteiger charge is 2.24. The molecule has 0 amide bonds. The number of nitrogens with zero attached hydrogens (tertiary/aromatic N) is 2. The first kappa shape index (κ1) is 15.1. The van der Waals surface area contributed by atoms with Gasteiger partial charge in [-0.2, -0.15) is 13.5 Å². The molecule has 0 N–H and O–H groups in total. The van der Waals surface area contributed by atoms with E-state index in [0.29, 0.717) is 26.7 Å². The summed E-state index contributed by atoms with van der Waals surface area (Å²) in [4.78, 5) is 0.224. The van der Waals surface area contributed by atoms with Crippen LogP contribution in [-0.4, -0.2) is 24.7 Å². The SMILES string of the molecule is COc1c(Br)ccc2cnn(S(=O)(=O)c3ccccc3C)c12. The molecule has 0 aliphatic rings. The molecule has 0 fully saturated rings. The predicted molar refractivity (Wildman–Crippen MR) is 87.7 cm³/mol. The molecule has 114 valence electrons. The number of fused-ring (bicyclic) bond motifs is 1. The molecular weight excluding hydrogens is 368 g/mol. The molecule has 22 heavy (non-hydrogen) atoms. The smallest absolute Gasteiger partial charge is 0.283 e. The van der Waals surface area contributed by atoms with Crippen molar-refractivity contribution in [1.82, 2.24) is 9.19 Å². The Morgan fingerprint density at radius 3 is 2.59 bits per heavy atom. The van der Waals surface area contributed by atoms with Gasteiger partial charge in [-0.25, -0.2) is 0 Å². The highest BCUT2D eigenvalue weighted by molar-refractivity contribution is 9.10. The standard InChI is InChI=1S/C15H13BrN2O3S/c1-10-5-3-4-6-13(10)22(19,20)18-14-11(9-17-18)7-8-12(16)15(14)21-2/h3-9H,1-2H3. The van der Waals surface area contributed by atoms with Gasteiger partial charge in [0.2, 0.25) is 0 Å². The lowest BCUT2D eigenvalue weighted by atomic mass is 10.2. The fraction of sp³-hybridized carbons (Fsp3) is 0.133. The normalized spacial score (nSPS) is 11.8. The number of aromatic nitrogens is 2. The fourth-order valence-corrected chi connectivity index (χ4v) is 4.34. The summed E-state index contributed by atoms with van der Waals surface area (Å²) >= 11 is 3.37. The third-order valence-electron chi connectivity index (χ3n) is 3.41. The number of rotatable bonds is 3. The quantitative estimate of drug-likeness (QED) is 0.698. The van der Waals surface area contributed by atoms with Crippen molar-refractivity contribution in [3.8, 4) is 5.75 Å². The monoisotopic (exact) mass is 380 g/mol. The zero-order valence-corrected chi connectivity index (χ0v) is 14.3. The van der Waals surface area contributed by atoms with E-state index in [-0.39, 0.29) is 4.90 Å². The van der Waals surface area contributed by atoms with Crippen molar-refractivity contribution in [1.29, 1.82) is 0 Å². The van der Waals surface area contributed by atoms with Crippen molar-refractivity contribution >= 4 is 36.9 Å². The molecule has 0 saturated carbocycles. The summed E-state index contributed by atoms with van der Waals surface area (Å²) in [6.45, 7) is 1.76. The Hall–Kier alpha value is -1.86. The molecule has 1 aromatic heterocycles. The Bertz CT molecular complexity index is 964. The summed E-state index contributed by atoms with van der Waals surface area (Å²) in [7, 11) is -2.30. The maximum atomic E-state index is 12.9. The van der Waals surface area contributed by atoms with Gasteiger partial charge in [-0.1, -0.05) is 18.2 Å². The van der Waals surface area contributed by atoms with E-state index in [9.17, 15) is 8.42 Å². The van der Waals surface area contributed by atoms with Gasteiger partial charge in [0.25, 0.3) is 10.0 Å². The van der Waals surface area contributed by atoms with Crippen LogP contribution in [0.2, 0.25) is 0 Å². The van der Waals surface area contributed by atoms with Gasteiger partial charge in [0, 0.05) is 5.39 Å². The molecule has 0 unspecified atom stereocenters. The van der Waals surface area contributed by atoms with E-state index in [1.165, 1.54) is 13.3 Å². The van der Waals surface area contributed by atoms with Gasteiger partial charge in [-0.15, -0.1) is 4.09 Å². The Morgan fingerprint density at radius 1 is 1.18 bits per heavy atom. The molecule has 3 aromatic rings. The number of aryl methyl sites for hydroxylation is 1. The van der Waals surface area contributed by atoms with E-state index >= 15 is 0 Å². The zero-order chi connectivity index (χ0) is 15.9. The van der Waals surface area contributed by atoms with Crippen molar-refractivity contribution in [2.24, 2.45) is 0 Å². The van der Waals surface area contributed by atoms with Crippen molar-refractivity contribution in [2.75, 3.05) is 7.11 Å². The van der Waals surface area contributed by atoms with Gasteiger partial charge in [0.15, 0.2) is 5.75 Å². The first-order chi connectivity index (χ1) is 10.5. The van der Waals surface area contributed by atoms with Gasteiger partial charge >= 0.3 is 0 Å². The van der Waals surface area contributed by atoms with E-state index in [2.05, 4.69) is 21.0 Å². The van der Waals surface area contributed by atoms with Crippen molar-refractivity contribution in [3.05, 3.63) is 52.6 Å². The second-order valence-corrected chi connectivity index (χ2v) is 7.37. The molecule has 1 heterocycles. The van der Waals surface area contributed by atoms with Gasteiger partial charge in [-0.05, 0) is 46.6 Å². The van der Waals surface area contributed by atoms with E-state index < -0.39 is 10.0 Å². The minimum absolute atomic E-state index is 0.224. The number of halogens is 1. The van der Waals surface area contributed by atoms with Gasteiger partial charge < -0.3 is 4.74 Å². The lowest BCUT2D eigenvalue weighted by Crippen LogP contribution is -2.16. The molecule has 0 saturated heterocycles. The maximum Gasteiger partial charge on any atom is 0.283 e. The predicted octanol–water partition coefficient (Wildman–Crippen LogP) is 3.35. The van der Waals surface area contributed by atoms with Crippen LogP contribution in [0.15, 0.2) is 52.0 Å². The summed E-state index contributed by atoms with van der Waals surface area (Å²) in [5.41, 5.74) is 1.08. The van der Waals surface area contributed by atoms with Gasteiger partial charge in [0.1, 0.15) is 5.52 Å². The molecule has 0 aliphatic heterocycles. The summed E-state index contributed by atoms with van der Waals surface area (Å²) in [5, 5.41) is 4.75. The van der Waals surface area contributed by atoms with E-state index in [1.807, 2.05) is 0 Å². The fourth-order valence-electron chi connectivity index (χ4n) is 2.35. The second kappa shape index (κ2) is 5.40. The number of hydrogen-bond donors (Lipinski definition) is 0. The molecule has 0 bridgehead atoms. The van der Waals surface area contributed by atoms with Crippen LogP contribution in [0.1, 0.15) is 5.56 Å². The number of benzene rings is 2. The Balaban J connectivity index is 2.36. The van der Waals surface area contributed by atoms with Crippen LogP contribution >= 0.6 is 15.9 Å². The second-order valence-electron chi connectivity index (χ2n) is 4.78. The third-order valence-corrected chi connectivity index (χ3v) is 5.78. The topological polar surface area (TPSA) is 61.2 Å². The van der Waals surface area contributed by atoms with Crippen molar-refractivity contribution < 1.29 is 13.2 Å². The number of hydrogen-bond acceptors (Lipinski definition) is 4. The van der Waals surface area contributed by atoms with Crippen LogP contribution in [0.4, 0.5) is 0 Å². The summed E-state index contributed by atoms with van der Waals surface area (Å²) in [6, 6.07) is 10.4. The number of methoxy groups -OCH3 is 1. The Morgan fingerprint density at radius 2 is 1.91 bits per heavy atom. The van der Waals surface area contributed by atoms with Crippen molar-refractivity contribution in [3.63, 3.8) is 0 Å². The zero-order valence-electron chi connectivity index (χ0n) is 11.9. The highest BCUT2D eigenvalue weighted by Crippen LogP contribution is 2.35. The van der Waals surface area contributed by atoms with E-state index in [4.69, 9.17) is 4.74 Å². The minimum atomic E-state index is -3.80. The summed E-state index contributed by atoms with van der Waals surface area (Å²) < 4.78 is 32.9. The molecule has 0 atom stereocenters. The lowest BCUT2D eigenvalue weighted by Gasteiger charge is -2.11. The molecular formula is C15H13BrN2O3S. The molecule has 3 rings (SSSR count). The Labute approximate surface area is 136 Å². The summed E-state index contributed by atoms with van der Waals surface area (Å²) in [6.07, 6.45) is 1.51. The maximum absolute atomic E-state index is 12.9. The van der Waals surface area contributed by atoms with Crippen LogP contribution in [0.3, 0.4) is 0 Å². The molecule has 7 heteroatoms. The first-order valence-corrected chi connectivity index (χ1v) is 8.71. The van der Waals surface area contributed by atoms with Crippen LogP contribution < -0.4 is 4.74 Å². The summed E-state index contributed by atoms with van der Waals surface area (Å²) in [5.74, 6) is 0.437. The van der Waals surface area contributed by atoms with Crippen LogP contribution in [0.25, 0.3) is 10.9 Å².